The highest BCUT2D eigenvalue weighted by Gasteiger charge is 2.15. The van der Waals surface area contributed by atoms with Gasteiger partial charge in [0.05, 0.1) is 13.2 Å². The van der Waals surface area contributed by atoms with E-state index in [1.54, 1.807) is 12.3 Å². The van der Waals surface area contributed by atoms with Crippen LogP contribution in [0.5, 0.6) is 5.75 Å². The van der Waals surface area contributed by atoms with E-state index in [4.69, 9.17) is 9.47 Å². The second-order valence-electron chi connectivity index (χ2n) is 5.32. The third kappa shape index (κ3) is 7.21. The fraction of sp³-hybridized carbons (Fsp3) is 0.706. The van der Waals surface area contributed by atoms with Gasteiger partial charge in [-0.2, -0.15) is 0 Å². The Morgan fingerprint density at radius 2 is 1.67 bits per heavy atom. The summed E-state index contributed by atoms with van der Waals surface area (Å²) in [6, 6.07) is 1.79. The number of rotatable bonds is 12. The van der Waals surface area contributed by atoms with Crippen LogP contribution in [0.2, 0.25) is 0 Å². The summed E-state index contributed by atoms with van der Waals surface area (Å²) in [6.07, 6.45) is 10.7. The zero-order chi connectivity index (χ0) is 15.3. The Kier molecular flexibility index (Phi) is 9.42. The molecule has 0 spiro atoms. The number of aromatic amines is 1. The highest BCUT2D eigenvalue weighted by molar-refractivity contribution is 5.90. The molecule has 1 aromatic heterocycles. The number of unbranched alkanes of at least 4 members (excludes halogenated alkanes) is 6. The van der Waals surface area contributed by atoms with E-state index >= 15 is 0 Å². The van der Waals surface area contributed by atoms with Crippen molar-refractivity contribution in [2.75, 3.05) is 13.2 Å². The van der Waals surface area contributed by atoms with E-state index in [1.807, 2.05) is 0 Å². The van der Waals surface area contributed by atoms with Crippen molar-refractivity contribution >= 4 is 5.97 Å². The van der Waals surface area contributed by atoms with Crippen molar-refractivity contribution in [2.24, 2.45) is 0 Å². The lowest BCUT2D eigenvalue weighted by atomic mass is 10.2. The van der Waals surface area contributed by atoms with E-state index in [9.17, 15) is 4.79 Å². The molecule has 21 heavy (non-hydrogen) atoms. The molecule has 0 radical (unpaired) electrons. The Hall–Kier alpha value is -1.45. The molecule has 0 saturated carbocycles. The average Bonchev–Trinajstić information content (AvgIpc) is 2.95. The van der Waals surface area contributed by atoms with Crippen molar-refractivity contribution in [3.05, 3.63) is 18.0 Å². The molecule has 1 aromatic rings. The van der Waals surface area contributed by atoms with Gasteiger partial charge in [0.1, 0.15) is 0 Å². The topological polar surface area (TPSA) is 51.3 Å². The molecule has 0 bridgehead atoms. The zero-order valence-corrected chi connectivity index (χ0v) is 13.5. The Balaban J connectivity index is 2.27. The van der Waals surface area contributed by atoms with Crippen LogP contribution in [0.3, 0.4) is 0 Å². The maximum Gasteiger partial charge on any atom is 0.358 e. The molecule has 0 atom stereocenters. The van der Waals surface area contributed by atoms with Crippen LogP contribution in [0, 0.1) is 0 Å². The molecule has 1 rings (SSSR count). The normalized spacial score (nSPS) is 10.6. The minimum absolute atomic E-state index is 0.319. The number of hydrogen-bond donors (Lipinski definition) is 1. The summed E-state index contributed by atoms with van der Waals surface area (Å²) in [5, 5.41) is 0. The first kappa shape index (κ1) is 17.6. The van der Waals surface area contributed by atoms with Gasteiger partial charge in [-0.3, -0.25) is 0 Å². The number of carbonyl (C=O) groups is 1. The lowest BCUT2D eigenvalue weighted by Crippen LogP contribution is -2.09. The van der Waals surface area contributed by atoms with Crippen LogP contribution in [0.15, 0.2) is 12.3 Å². The molecule has 1 heterocycles. The molecule has 0 aromatic carbocycles. The van der Waals surface area contributed by atoms with Gasteiger partial charge >= 0.3 is 5.97 Å². The van der Waals surface area contributed by atoms with E-state index in [1.165, 1.54) is 25.7 Å². The molecule has 0 aliphatic heterocycles. The van der Waals surface area contributed by atoms with Crippen molar-refractivity contribution < 1.29 is 14.3 Å². The van der Waals surface area contributed by atoms with E-state index in [0.29, 0.717) is 24.7 Å². The van der Waals surface area contributed by atoms with Gasteiger partial charge in [0.2, 0.25) is 0 Å². The predicted molar refractivity (Wildman–Crippen MR) is 84.9 cm³/mol. The highest BCUT2D eigenvalue weighted by atomic mass is 16.5. The van der Waals surface area contributed by atoms with E-state index < -0.39 is 0 Å². The van der Waals surface area contributed by atoms with Crippen LogP contribution in [-0.4, -0.2) is 24.2 Å². The number of aromatic nitrogens is 1. The first-order valence-corrected chi connectivity index (χ1v) is 8.26. The van der Waals surface area contributed by atoms with Crippen LogP contribution >= 0.6 is 0 Å². The molecule has 120 valence electrons. The number of esters is 1. The van der Waals surface area contributed by atoms with Crippen LogP contribution in [-0.2, 0) is 4.74 Å². The molecule has 0 amide bonds. The quantitative estimate of drug-likeness (QED) is 0.449. The lowest BCUT2D eigenvalue weighted by Gasteiger charge is -2.07. The minimum atomic E-state index is -0.319. The first-order valence-electron chi connectivity index (χ1n) is 8.26. The standard InChI is InChI=1S/C17H29NO3/c1-3-5-7-9-13-20-15-11-12-18-16(15)17(19)21-14-10-8-6-4-2/h11-12,18H,3-10,13-14H2,1-2H3. The van der Waals surface area contributed by atoms with Crippen molar-refractivity contribution in [3.63, 3.8) is 0 Å². The highest BCUT2D eigenvalue weighted by Crippen LogP contribution is 2.18. The summed E-state index contributed by atoms with van der Waals surface area (Å²) in [5.41, 5.74) is 0.431. The average molecular weight is 295 g/mol. The van der Waals surface area contributed by atoms with Gasteiger partial charge < -0.3 is 14.5 Å². The van der Waals surface area contributed by atoms with E-state index in [-0.39, 0.29) is 5.97 Å². The first-order chi connectivity index (χ1) is 10.3. The Bertz CT molecular complexity index is 387. The molecule has 4 nitrogen and oxygen atoms in total. The number of ether oxygens (including phenoxy) is 2. The fourth-order valence-electron chi connectivity index (χ4n) is 2.11. The van der Waals surface area contributed by atoms with Crippen molar-refractivity contribution in [2.45, 2.75) is 65.2 Å². The van der Waals surface area contributed by atoms with Gasteiger partial charge in [0, 0.05) is 6.20 Å². The summed E-state index contributed by atoms with van der Waals surface area (Å²) in [4.78, 5) is 14.9. The molecule has 4 heteroatoms. The number of carbonyl (C=O) groups excluding carboxylic acids is 1. The van der Waals surface area contributed by atoms with Gasteiger partial charge in [-0.25, -0.2) is 4.79 Å². The minimum Gasteiger partial charge on any atom is -0.491 e. The third-order valence-corrected chi connectivity index (χ3v) is 3.40. The lowest BCUT2D eigenvalue weighted by molar-refractivity contribution is 0.0487. The number of H-pyrrole nitrogens is 1. The van der Waals surface area contributed by atoms with Crippen molar-refractivity contribution in [1.82, 2.24) is 4.98 Å². The molecule has 0 aliphatic carbocycles. The van der Waals surface area contributed by atoms with E-state index in [2.05, 4.69) is 18.8 Å². The van der Waals surface area contributed by atoms with Gasteiger partial charge in [-0.15, -0.1) is 0 Å². The SMILES string of the molecule is CCCCCCOC(=O)c1[nH]ccc1OCCCCCC. The number of hydrogen-bond acceptors (Lipinski definition) is 3. The maximum absolute atomic E-state index is 12.0. The summed E-state index contributed by atoms with van der Waals surface area (Å²) in [7, 11) is 0. The second kappa shape index (κ2) is 11.2. The van der Waals surface area contributed by atoms with Crippen LogP contribution in [0.1, 0.15) is 75.7 Å². The molecular formula is C17H29NO3. The van der Waals surface area contributed by atoms with Gasteiger partial charge in [-0.1, -0.05) is 52.4 Å². The Morgan fingerprint density at radius 3 is 2.33 bits per heavy atom. The summed E-state index contributed by atoms with van der Waals surface area (Å²) < 4.78 is 10.9. The third-order valence-electron chi connectivity index (χ3n) is 3.40. The van der Waals surface area contributed by atoms with Gasteiger partial charge in [-0.05, 0) is 18.9 Å². The Morgan fingerprint density at radius 1 is 1.00 bits per heavy atom. The molecule has 0 unspecified atom stereocenters. The summed E-state index contributed by atoms with van der Waals surface area (Å²) in [6.45, 7) is 5.47. The molecule has 0 fully saturated rings. The summed E-state index contributed by atoms with van der Waals surface area (Å²) >= 11 is 0. The Labute approximate surface area is 128 Å². The molecular weight excluding hydrogens is 266 g/mol. The summed E-state index contributed by atoms with van der Waals surface area (Å²) in [5.74, 6) is 0.283. The van der Waals surface area contributed by atoms with Gasteiger partial charge in [0.15, 0.2) is 11.4 Å². The van der Waals surface area contributed by atoms with Crippen LogP contribution in [0.25, 0.3) is 0 Å². The van der Waals surface area contributed by atoms with Crippen molar-refractivity contribution in [3.8, 4) is 5.75 Å². The fourth-order valence-corrected chi connectivity index (χ4v) is 2.11. The van der Waals surface area contributed by atoms with E-state index in [0.717, 1.165) is 25.7 Å². The zero-order valence-electron chi connectivity index (χ0n) is 13.5. The van der Waals surface area contributed by atoms with Crippen LogP contribution < -0.4 is 4.74 Å². The molecule has 0 saturated heterocycles. The van der Waals surface area contributed by atoms with Crippen molar-refractivity contribution in [1.29, 1.82) is 0 Å². The monoisotopic (exact) mass is 295 g/mol. The largest absolute Gasteiger partial charge is 0.491 e. The maximum atomic E-state index is 12.0. The number of nitrogens with one attached hydrogen (secondary N) is 1. The molecule has 0 aliphatic rings. The molecule has 1 N–H and O–H groups in total. The smallest absolute Gasteiger partial charge is 0.358 e. The second-order valence-corrected chi connectivity index (χ2v) is 5.32. The van der Waals surface area contributed by atoms with Crippen LogP contribution in [0.4, 0.5) is 0 Å². The van der Waals surface area contributed by atoms with Gasteiger partial charge in [0.25, 0.3) is 0 Å². The predicted octanol–water partition coefficient (Wildman–Crippen LogP) is 4.71.